The fourth-order valence-corrected chi connectivity index (χ4v) is 3.38. The van der Waals surface area contributed by atoms with Crippen LogP contribution in [-0.2, 0) is 0 Å². The third-order valence-electron chi connectivity index (χ3n) is 3.94. The largest absolute Gasteiger partial charge is 0.494 e. The maximum atomic E-state index is 12.2. The lowest BCUT2D eigenvalue weighted by Gasteiger charge is -2.14. The first-order valence-corrected chi connectivity index (χ1v) is 8.71. The predicted molar refractivity (Wildman–Crippen MR) is 95.4 cm³/mol. The Morgan fingerprint density at radius 2 is 1.67 bits per heavy atom. The van der Waals surface area contributed by atoms with Crippen LogP contribution in [0.3, 0.4) is 0 Å². The van der Waals surface area contributed by atoms with Gasteiger partial charge in [0.2, 0.25) is 0 Å². The number of benzene rings is 2. The van der Waals surface area contributed by atoms with Crippen LogP contribution in [0.25, 0.3) is 0 Å². The molecule has 0 unspecified atom stereocenters. The summed E-state index contributed by atoms with van der Waals surface area (Å²) in [6.45, 7) is 2.99. The summed E-state index contributed by atoms with van der Waals surface area (Å²) < 4.78 is 6.72. The van der Waals surface area contributed by atoms with Crippen molar-refractivity contribution in [1.82, 2.24) is 4.90 Å². The lowest BCUT2D eigenvalue weighted by atomic mass is 10.1. The normalized spacial score (nSPS) is 13.3. The van der Waals surface area contributed by atoms with Gasteiger partial charge in [-0.2, -0.15) is 0 Å². The maximum Gasteiger partial charge on any atom is 0.261 e. The molecule has 0 aliphatic carbocycles. The van der Waals surface area contributed by atoms with Crippen LogP contribution in [0.1, 0.15) is 39.1 Å². The average molecular weight is 388 g/mol. The molecule has 1 aliphatic heterocycles. The van der Waals surface area contributed by atoms with Crippen molar-refractivity contribution in [2.75, 3.05) is 13.2 Å². The first-order chi connectivity index (χ1) is 11.6. The number of rotatable bonds is 6. The number of hydrogen-bond donors (Lipinski definition) is 0. The zero-order chi connectivity index (χ0) is 17.1. The standard InChI is InChI=1S/C19H18BrNO3/c1-13-10-14(20)12-15(11-13)24-9-5-4-8-21-18(22)16-6-2-3-7-17(16)19(21)23/h2-3,6-7,10-12H,4-5,8-9H2,1H3. The van der Waals surface area contributed by atoms with Gasteiger partial charge < -0.3 is 4.74 Å². The second-order valence-corrected chi connectivity index (χ2v) is 6.74. The van der Waals surface area contributed by atoms with Crippen molar-refractivity contribution < 1.29 is 14.3 Å². The monoisotopic (exact) mass is 387 g/mol. The number of amides is 2. The van der Waals surface area contributed by atoms with Gasteiger partial charge >= 0.3 is 0 Å². The molecule has 0 aromatic heterocycles. The Hall–Kier alpha value is -2.14. The molecule has 4 nitrogen and oxygen atoms in total. The van der Waals surface area contributed by atoms with Crippen LogP contribution in [-0.4, -0.2) is 29.9 Å². The summed E-state index contributed by atoms with van der Waals surface area (Å²) in [5.41, 5.74) is 2.14. The molecule has 2 amide bonds. The molecule has 2 aromatic carbocycles. The first kappa shape index (κ1) is 16.7. The number of carbonyl (C=O) groups is 2. The minimum Gasteiger partial charge on any atom is -0.494 e. The minimum absolute atomic E-state index is 0.195. The number of hydrogen-bond acceptors (Lipinski definition) is 3. The van der Waals surface area contributed by atoms with E-state index in [1.54, 1.807) is 24.3 Å². The summed E-state index contributed by atoms with van der Waals surface area (Å²) in [6.07, 6.45) is 1.50. The second-order valence-electron chi connectivity index (χ2n) is 5.83. The number of carbonyl (C=O) groups excluding carboxylic acids is 2. The maximum absolute atomic E-state index is 12.2. The fraction of sp³-hybridized carbons (Fsp3) is 0.263. The lowest BCUT2D eigenvalue weighted by Crippen LogP contribution is -2.30. The summed E-state index contributed by atoms with van der Waals surface area (Å²) in [6, 6.07) is 12.9. The smallest absolute Gasteiger partial charge is 0.261 e. The Morgan fingerprint density at radius 1 is 1.00 bits per heavy atom. The fourth-order valence-electron chi connectivity index (χ4n) is 2.79. The molecule has 1 heterocycles. The second kappa shape index (κ2) is 7.18. The summed E-state index contributed by atoms with van der Waals surface area (Å²) in [5, 5.41) is 0. The van der Waals surface area contributed by atoms with E-state index in [2.05, 4.69) is 15.9 Å². The van der Waals surface area contributed by atoms with E-state index in [0.717, 1.165) is 28.6 Å². The number of unbranched alkanes of at least 4 members (excludes halogenated alkanes) is 1. The lowest BCUT2D eigenvalue weighted by molar-refractivity contribution is 0.0649. The van der Waals surface area contributed by atoms with Crippen LogP contribution < -0.4 is 4.74 Å². The van der Waals surface area contributed by atoms with E-state index in [-0.39, 0.29) is 11.8 Å². The molecular formula is C19H18BrNO3. The van der Waals surface area contributed by atoms with Crippen molar-refractivity contribution in [3.63, 3.8) is 0 Å². The van der Waals surface area contributed by atoms with E-state index < -0.39 is 0 Å². The van der Waals surface area contributed by atoms with Crippen LogP contribution in [0.4, 0.5) is 0 Å². The van der Waals surface area contributed by atoms with Crippen LogP contribution in [0, 0.1) is 6.92 Å². The Labute approximate surface area is 149 Å². The quantitative estimate of drug-likeness (QED) is 0.550. The highest BCUT2D eigenvalue weighted by molar-refractivity contribution is 9.10. The molecule has 0 spiro atoms. The Morgan fingerprint density at radius 3 is 2.29 bits per heavy atom. The van der Waals surface area contributed by atoms with Gasteiger partial charge in [0.25, 0.3) is 11.8 Å². The third kappa shape index (κ3) is 3.51. The van der Waals surface area contributed by atoms with E-state index in [1.807, 2.05) is 25.1 Å². The van der Waals surface area contributed by atoms with Gasteiger partial charge in [-0.3, -0.25) is 14.5 Å². The predicted octanol–water partition coefficient (Wildman–Crippen LogP) is 4.21. The van der Waals surface area contributed by atoms with Gasteiger partial charge in [0.05, 0.1) is 17.7 Å². The van der Waals surface area contributed by atoms with Gasteiger partial charge in [0, 0.05) is 11.0 Å². The Bertz CT molecular complexity index is 733. The van der Waals surface area contributed by atoms with Crippen LogP contribution in [0.15, 0.2) is 46.9 Å². The number of fused-ring (bicyclic) bond motifs is 1. The first-order valence-electron chi connectivity index (χ1n) is 7.91. The Balaban J connectivity index is 1.48. The number of nitrogens with zero attached hydrogens (tertiary/aromatic N) is 1. The number of imide groups is 1. The van der Waals surface area contributed by atoms with Gasteiger partial charge in [0.15, 0.2) is 0 Å². The molecular weight excluding hydrogens is 370 g/mol. The van der Waals surface area contributed by atoms with Gasteiger partial charge in [-0.25, -0.2) is 0 Å². The summed E-state index contributed by atoms with van der Waals surface area (Å²) >= 11 is 3.45. The van der Waals surface area contributed by atoms with E-state index in [0.29, 0.717) is 24.3 Å². The zero-order valence-electron chi connectivity index (χ0n) is 13.4. The highest BCUT2D eigenvalue weighted by Gasteiger charge is 2.34. The topological polar surface area (TPSA) is 46.6 Å². The number of halogens is 1. The van der Waals surface area contributed by atoms with Crippen LogP contribution >= 0.6 is 15.9 Å². The molecule has 124 valence electrons. The zero-order valence-corrected chi connectivity index (χ0v) is 15.0. The van der Waals surface area contributed by atoms with E-state index >= 15 is 0 Å². The minimum atomic E-state index is -0.195. The third-order valence-corrected chi connectivity index (χ3v) is 4.40. The van der Waals surface area contributed by atoms with Crippen LogP contribution in [0.5, 0.6) is 5.75 Å². The summed E-state index contributed by atoms with van der Waals surface area (Å²) in [7, 11) is 0. The summed E-state index contributed by atoms with van der Waals surface area (Å²) in [5.74, 6) is 0.431. The molecule has 2 aromatic rings. The molecule has 0 N–H and O–H groups in total. The van der Waals surface area contributed by atoms with Crippen molar-refractivity contribution in [3.8, 4) is 5.75 Å². The molecule has 0 saturated carbocycles. The molecule has 1 aliphatic rings. The number of aryl methyl sites for hydroxylation is 1. The van der Waals surface area contributed by atoms with Crippen molar-refractivity contribution in [2.24, 2.45) is 0 Å². The van der Waals surface area contributed by atoms with E-state index in [9.17, 15) is 9.59 Å². The van der Waals surface area contributed by atoms with Crippen molar-refractivity contribution >= 4 is 27.7 Å². The molecule has 0 radical (unpaired) electrons. The van der Waals surface area contributed by atoms with Gasteiger partial charge in [-0.05, 0) is 55.7 Å². The highest BCUT2D eigenvalue weighted by atomic mass is 79.9. The average Bonchev–Trinajstić information content (AvgIpc) is 2.79. The molecule has 0 bridgehead atoms. The van der Waals surface area contributed by atoms with Gasteiger partial charge in [0.1, 0.15) is 5.75 Å². The molecule has 0 saturated heterocycles. The van der Waals surface area contributed by atoms with Crippen molar-refractivity contribution in [2.45, 2.75) is 19.8 Å². The van der Waals surface area contributed by atoms with Gasteiger partial charge in [-0.1, -0.05) is 28.1 Å². The number of ether oxygens (including phenoxy) is 1. The van der Waals surface area contributed by atoms with Crippen molar-refractivity contribution in [1.29, 1.82) is 0 Å². The van der Waals surface area contributed by atoms with E-state index in [4.69, 9.17) is 4.74 Å². The highest BCUT2D eigenvalue weighted by Crippen LogP contribution is 2.23. The van der Waals surface area contributed by atoms with Crippen molar-refractivity contribution in [3.05, 3.63) is 63.6 Å². The molecule has 0 atom stereocenters. The molecule has 24 heavy (non-hydrogen) atoms. The molecule has 3 rings (SSSR count). The van der Waals surface area contributed by atoms with E-state index in [1.165, 1.54) is 4.90 Å². The van der Waals surface area contributed by atoms with Gasteiger partial charge in [-0.15, -0.1) is 0 Å². The molecule has 5 heteroatoms. The summed E-state index contributed by atoms with van der Waals surface area (Å²) in [4.78, 5) is 25.8. The van der Waals surface area contributed by atoms with Crippen LogP contribution in [0.2, 0.25) is 0 Å². The Kier molecular flexibility index (Phi) is 5.00. The SMILES string of the molecule is Cc1cc(Br)cc(OCCCCN2C(=O)c3ccccc3C2=O)c1. The molecule has 0 fully saturated rings.